The first-order chi connectivity index (χ1) is 11.5. The van der Waals surface area contributed by atoms with Crippen molar-refractivity contribution in [3.63, 3.8) is 0 Å². The van der Waals surface area contributed by atoms with E-state index < -0.39 is 0 Å². The molecular formula is C18H24N2O4. The number of methoxy groups -OCH3 is 2. The minimum atomic E-state index is -0.352. The number of piperidine rings is 1. The van der Waals surface area contributed by atoms with Crippen LogP contribution in [-0.4, -0.2) is 62.4 Å². The number of ether oxygens (including phenoxy) is 3. The van der Waals surface area contributed by atoms with Crippen LogP contribution in [0.4, 0.5) is 4.79 Å². The molecule has 2 fully saturated rings. The van der Waals surface area contributed by atoms with Crippen molar-refractivity contribution in [2.75, 3.05) is 40.9 Å². The fraction of sp³-hybridized carbons (Fsp3) is 0.611. The lowest BCUT2D eigenvalue weighted by Gasteiger charge is -2.46. The predicted molar refractivity (Wildman–Crippen MR) is 88.6 cm³/mol. The summed E-state index contributed by atoms with van der Waals surface area (Å²) in [5.41, 5.74) is 2.24. The Hall–Kier alpha value is -1.95. The number of hydrogen-bond donors (Lipinski definition) is 0. The molecule has 0 aliphatic carbocycles. The Kier molecular flexibility index (Phi) is 3.60. The van der Waals surface area contributed by atoms with Crippen molar-refractivity contribution in [2.24, 2.45) is 0 Å². The molecule has 0 radical (unpaired) electrons. The highest BCUT2D eigenvalue weighted by Crippen LogP contribution is 2.46. The summed E-state index contributed by atoms with van der Waals surface area (Å²) in [6.07, 6.45) is 2.55. The Morgan fingerprint density at radius 2 is 1.96 bits per heavy atom. The van der Waals surface area contributed by atoms with Crippen molar-refractivity contribution in [1.29, 1.82) is 0 Å². The molecule has 130 valence electrons. The zero-order chi connectivity index (χ0) is 16.9. The highest BCUT2D eigenvalue weighted by Gasteiger charge is 2.50. The topological polar surface area (TPSA) is 51.2 Å². The molecule has 6 heteroatoms. The van der Waals surface area contributed by atoms with Gasteiger partial charge in [-0.15, -0.1) is 0 Å². The Balaban J connectivity index is 1.69. The highest BCUT2D eigenvalue weighted by molar-refractivity contribution is 5.70. The number of nitrogens with zero attached hydrogens (tertiary/aromatic N) is 2. The highest BCUT2D eigenvalue weighted by atomic mass is 16.6. The van der Waals surface area contributed by atoms with E-state index in [2.05, 4.69) is 17.0 Å². The summed E-state index contributed by atoms with van der Waals surface area (Å²) in [6.45, 7) is 2.67. The molecule has 3 heterocycles. The summed E-state index contributed by atoms with van der Waals surface area (Å²) in [4.78, 5) is 16.1. The summed E-state index contributed by atoms with van der Waals surface area (Å²) in [5, 5.41) is 0. The van der Waals surface area contributed by atoms with Gasteiger partial charge in [0.15, 0.2) is 11.5 Å². The van der Waals surface area contributed by atoms with Gasteiger partial charge in [0.25, 0.3) is 0 Å². The third-order valence-corrected chi connectivity index (χ3v) is 5.67. The number of amides is 1. The number of rotatable bonds is 2. The molecule has 0 saturated carbocycles. The van der Waals surface area contributed by atoms with Crippen LogP contribution in [0.15, 0.2) is 12.1 Å². The van der Waals surface area contributed by atoms with E-state index in [0.29, 0.717) is 6.54 Å². The van der Waals surface area contributed by atoms with Crippen LogP contribution in [0, 0.1) is 0 Å². The molecule has 3 aliphatic rings. The molecule has 0 bridgehead atoms. The van der Waals surface area contributed by atoms with Crippen LogP contribution in [0.3, 0.4) is 0 Å². The first kappa shape index (κ1) is 15.6. The molecule has 1 aromatic rings. The van der Waals surface area contributed by atoms with Crippen LogP contribution in [0.5, 0.6) is 11.5 Å². The SMILES string of the molecule is COc1cc2c(cc1OC)[C@@H]1C[C@]3(CCN1CC2)CN(C)C(=O)O3. The quantitative estimate of drug-likeness (QED) is 0.831. The van der Waals surface area contributed by atoms with Gasteiger partial charge in [-0.1, -0.05) is 0 Å². The summed E-state index contributed by atoms with van der Waals surface area (Å²) < 4.78 is 16.7. The second-order valence-electron chi connectivity index (χ2n) is 7.07. The number of hydrogen-bond acceptors (Lipinski definition) is 5. The van der Waals surface area contributed by atoms with Crippen LogP contribution in [-0.2, 0) is 11.2 Å². The van der Waals surface area contributed by atoms with Crippen molar-refractivity contribution < 1.29 is 19.0 Å². The summed E-state index contributed by atoms with van der Waals surface area (Å²) in [7, 11) is 5.15. The van der Waals surface area contributed by atoms with Gasteiger partial charge >= 0.3 is 6.09 Å². The van der Waals surface area contributed by atoms with Crippen LogP contribution >= 0.6 is 0 Å². The average Bonchev–Trinajstić information content (AvgIpc) is 2.86. The lowest BCUT2D eigenvalue weighted by molar-refractivity contribution is -0.0299. The molecule has 1 aromatic carbocycles. The normalized spacial score (nSPS) is 29.2. The van der Waals surface area contributed by atoms with Gasteiger partial charge in [0, 0.05) is 39.0 Å². The van der Waals surface area contributed by atoms with Gasteiger partial charge in [-0.25, -0.2) is 4.79 Å². The molecule has 1 amide bonds. The Morgan fingerprint density at radius 1 is 1.21 bits per heavy atom. The summed E-state index contributed by atoms with van der Waals surface area (Å²) >= 11 is 0. The molecule has 3 aliphatic heterocycles. The van der Waals surface area contributed by atoms with Gasteiger partial charge in [0.05, 0.1) is 20.8 Å². The number of carbonyl (C=O) groups excluding carboxylic acids is 1. The van der Waals surface area contributed by atoms with Crippen LogP contribution in [0.25, 0.3) is 0 Å². The van der Waals surface area contributed by atoms with Gasteiger partial charge in [-0.3, -0.25) is 4.90 Å². The molecule has 4 rings (SSSR count). The first-order valence-electron chi connectivity index (χ1n) is 8.48. The molecule has 6 nitrogen and oxygen atoms in total. The van der Waals surface area contributed by atoms with Gasteiger partial charge in [0.1, 0.15) is 5.60 Å². The van der Waals surface area contributed by atoms with E-state index in [1.54, 1.807) is 19.1 Å². The Labute approximate surface area is 142 Å². The van der Waals surface area contributed by atoms with E-state index >= 15 is 0 Å². The second kappa shape index (κ2) is 5.55. The van der Waals surface area contributed by atoms with Crippen molar-refractivity contribution >= 4 is 6.09 Å². The fourth-order valence-corrected chi connectivity index (χ4v) is 4.42. The number of benzene rings is 1. The van der Waals surface area contributed by atoms with Gasteiger partial charge in [0.2, 0.25) is 0 Å². The van der Waals surface area contributed by atoms with E-state index in [1.165, 1.54) is 11.1 Å². The monoisotopic (exact) mass is 332 g/mol. The minimum Gasteiger partial charge on any atom is -0.493 e. The van der Waals surface area contributed by atoms with Crippen LogP contribution < -0.4 is 9.47 Å². The molecule has 1 spiro atoms. The van der Waals surface area contributed by atoms with E-state index in [0.717, 1.165) is 43.9 Å². The van der Waals surface area contributed by atoms with Gasteiger partial charge in [-0.05, 0) is 29.7 Å². The molecule has 0 aromatic heterocycles. The van der Waals surface area contributed by atoms with Gasteiger partial charge in [-0.2, -0.15) is 0 Å². The molecule has 0 unspecified atom stereocenters. The third kappa shape index (κ3) is 2.32. The second-order valence-corrected chi connectivity index (χ2v) is 7.07. The lowest BCUT2D eigenvalue weighted by Crippen LogP contribution is -2.50. The molecule has 0 N–H and O–H groups in total. The summed E-state index contributed by atoms with van der Waals surface area (Å²) in [6, 6.07) is 4.46. The smallest absolute Gasteiger partial charge is 0.410 e. The third-order valence-electron chi connectivity index (χ3n) is 5.67. The van der Waals surface area contributed by atoms with Crippen molar-refractivity contribution in [1.82, 2.24) is 9.80 Å². The number of fused-ring (bicyclic) bond motifs is 3. The average molecular weight is 332 g/mol. The van der Waals surface area contributed by atoms with E-state index in [1.807, 2.05) is 7.05 Å². The van der Waals surface area contributed by atoms with Crippen LogP contribution in [0.1, 0.15) is 30.0 Å². The van der Waals surface area contributed by atoms with Crippen molar-refractivity contribution in [3.8, 4) is 11.5 Å². The van der Waals surface area contributed by atoms with Crippen molar-refractivity contribution in [2.45, 2.75) is 30.9 Å². The number of likely N-dealkylation sites (N-methyl/N-ethyl adjacent to an activating group) is 1. The molecule has 2 atom stereocenters. The first-order valence-corrected chi connectivity index (χ1v) is 8.48. The predicted octanol–water partition coefficient (Wildman–Crippen LogP) is 2.22. The maximum Gasteiger partial charge on any atom is 0.410 e. The standard InChI is InChI=1S/C18H24N2O4/c1-19-11-18(24-17(19)21)5-7-20-6-4-12-8-15(22-2)16(23-3)9-13(12)14(20)10-18/h8-9,14H,4-7,10-11H2,1-3H3/t14-,18+/m0/s1. The maximum absolute atomic E-state index is 11.9. The maximum atomic E-state index is 11.9. The largest absolute Gasteiger partial charge is 0.493 e. The van der Waals surface area contributed by atoms with Gasteiger partial charge < -0.3 is 19.1 Å². The fourth-order valence-electron chi connectivity index (χ4n) is 4.42. The zero-order valence-corrected chi connectivity index (χ0v) is 14.5. The van der Waals surface area contributed by atoms with E-state index in [4.69, 9.17) is 14.2 Å². The molecule has 2 saturated heterocycles. The molecule has 24 heavy (non-hydrogen) atoms. The number of carbonyl (C=O) groups is 1. The minimum absolute atomic E-state index is 0.202. The van der Waals surface area contributed by atoms with Crippen LogP contribution in [0.2, 0.25) is 0 Å². The lowest BCUT2D eigenvalue weighted by atomic mass is 9.79. The Morgan fingerprint density at radius 3 is 2.62 bits per heavy atom. The Bertz CT molecular complexity index is 677. The molecular weight excluding hydrogens is 308 g/mol. The van der Waals surface area contributed by atoms with Crippen molar-refractivity contribution in [3.05, 3.63) is 23.3 Å². The summed E-state index contributed by atoms with van der Waals surface area (Å²) in [5.74, 6) is 1.54. The zero-order valence-electron chi connectivity index (χ0n) is 14.5. The van der Waals surface area contributed by atoms with E-state index in [9.17, 15) is 4.79 Å². The van der Waals surface area contributed by atoms with E-state index in [-0.39, 0.29) is 17.7 Å².